The van der Waals surface area contributed by atoms with E-state index in [0.717, 1.165) is 0 Å². The van der Waals surface area contributed by atoms with Crippen LogP contribution in [0.5, 0.6) is 0 Å². The minimum Gasteiger partial charge on any atom is -0.315 e. The number of primary sulfonamides is 1. The average Bonchev–Trinajstić information content (AvgIpc) is 2.26. The molecule has 0 bridgehead atoms. The topological polar surface area (TPSA) is 80.5 Å². The molecule has 0 unspecified atom stereocenters. The molecule has 0 aliphatic heterocycles. The normalized spacial score (nSPS) is 11.6. The smallest absolute Gasteiger partial charge is 0.238 e. The molecule has 0 saturated carbocycles. The Bertz CT molecular complexity index is 521. The van der Waals surface area contributed by atoms with Gasteiger partial charge in [0.25, 0.3) is 0 Å². The molecule has 0 saturated heterocycles. The summed E-state index contributed by atoms with van der Waals surface area (Å²) >= 11 is 0. The highest BCUT2D eigenvalue weighted by atomic mass is 32.2. The van der Waals surface area contributed by atoms with Gasteiger partial charge in [0.1, 0.15) is 0 Å². The second kappa shape index (κ2) is 5.49. The van der Waals surface area contributed by atoms with Crippen molar-refractivity contribution >= 4 is 21.6 Å². The third-order valence-electron chi connectivity index (χ3n) is 2.51. The molecule has 18 heavy (non-hydrogen) atoms. The van der Waals surface area contributed by atoms with Crippen LogP contribution in [-0.4, -0.2) is 21.4 Å². The van der Waals surface area contributed by atoms with E-state index in [1.54, 1.807) is 19.2 Å². The Kier molecular flexibility index (Phi) is 4.48. The number of hydrogen-bond donors (Lipinski definition) is 1. The number of anilines is 1. The first kappa shape index (κ1) is 14.7. The van der Waals surface area contributed by atoms with Gasteiger partial charge in [-0.05, 0) is 30.2 Å². The first-order valence-corrected chi connectivity index (χ1v) is 7.16. The number of sulfonamides is 1. The summed E-state index contributed by atoms with van der Waals surface area (Å²) in [4.78, 5) is 13.4. The number of carbonyl (C=O) groups excluding carboxylic acids is 1. The zero-order valence-electron chi connectivity index (χ0n) is 10.8. The fourth-order valence-electron chi connectivity index (χ4n) is 1.49. The summed E-state index contributed by atoms with van der Waals surface area (Å²) in [6.45, 7) is 3.94. The molecule has 0 fully saturated rings. The SMILES string of the molecule is CC(C)CC(=O)N(C)c1ccc(S(N)(=O)=O)cc1. The highest BCUT2D eigenvalue weighted by Crippen LogP contribution is 2.17. The van der Waals surface area contributed by atoms with Crippen molar-refractivity contribution in [1.82, 2.24) is 0 Å². The monoisotopic (exact) mass is 270 g/mol. The van der Waals surface area contributed by atoms with Gasteiger partial charge in [0, 0.05) is 19.2 Å². The van der Waals surface area contributed by atoms with Gasteiger partial charge in [-0.1, -0.05) is 13.8 Å². The maximum absolute atomic E-state index is 11.8. The lowest BCUT2D eigenvalue weighted by atomic mass is 10.1. The Hall–Kier alpha value is -1.40. The van der Waals surface area contributed by atoms with E-state index in [0.29, 0.717) is 12.1 Å². The number of rotatable bonds is 4. The third kappa shape index (κ3) is 3.82. The Morgan fingerprint density at radius 3 is 2.17 bits per heavy atom. The second-order valence-corrected chi connectivity index (χ2v) is 6.15. The van der Waals surface area contributed by atoms with Gasteiger partial charge in [0.05, 0.1) is 4.90 Å². The van der Waals surface area contributed by atoms with Crippen molar-refractivity contribution < 1.29 is 13.2 Å². The van der Waals surface area contributed by atoms with Crippen LogP contribution in [-0.2, 0) is 14.8 Å². The van der Waals surface area contributed by atoms with Crippen molar-refractivity contribution in [2.45, 2.75) is 25.2 Å². The van der Waals surface area contributed by atoms with Gasteiger partial charge in [0.2, 0.25) is 15.9 Å². The van der Waals surface area contributed by atoms with Gasteiger partial charge in [-0.2, -0.15) is 0 Å². The van der Waals surface area contributed by atoms with E-state index >= 15 is 0 Å². The molecule has 0 aromatic heterocycles. The number of nitrogens with two attached hydrogens (primary N) is 1. The molecule has 0 atom stereocenters. The molecule has 0 spiro atoms. The lowest BCUT2D eigenvalue weighted by molar-refractivity contribution is -0.119. The van der Waals surface area contributed by atoms with Gasteiger partial charge in [-0.25, -0.2) is 13.6 Å². The summed E-state index contributed by atoms with van der Waals surface area (Å²) < 4.78 is 22.2. The zero-order valence-corrected chi connectivity index (χ0v) is 11.6. The average molecular weight is 270 g/mol. The lowest BCUT2D eigenvalue weighted by Gasteiger charge is -2.18. The number of nitrogens with zero attached hydrogens (tertiary/aromatic N) is 1. The molecular formula is C12H18N2O3S. The van der Waals surface area contributed by atoms with E-state index < -0.39 is 10.0 Å². The molecule has 0 radical (unpaired) electrons. The first-order chi connectivity index (χ1) is 8.21. The van der Waals surface area contributed by atoms with Gasteiger partial charge in [-0.3, -0.25) is 4.79 Å². The molecular weight excluding hydrogens is 252 g/mol. The number of hydrogen-bond acceptors (Lipinski definition) is 3. The Morgan fingerprint density at radius 1 is 1.28 bits per heavy atom. The van der Waals surface area contributed by atoms with Crippen molar-refractivity contribution in [2.24, 2.45) is 11.1 Å². The van der Waals surface area contributed by atoms with Crippen molar-refractivity contribution in [2.75, 3.05) is 11.9 Å². The van der Waals surface area contributed by atoms with E-state index in [1.807, 2.05) is 13.8 Å². The van der Waals surface area contributed by atoms with Crippen LogP contribution in [0.3, 0.4) is 0 Å². The molecule has 6 heteroatoms. The quantitative estimate of drug-likeness (QED) is 0.896. The highest BCUT2D eigenvalue weighted by molar-refractivity contribution is 7.89. The summed E-state index contributed by atoms with van der Waals surface area (Å²) in [5.41, 5.74) is 0.646. The van der Waals surface area contributed by atoms with Crippen molar-refractivity contribution in [3.8, 4) is 0 Å². The molecule has 0 aliphatic carbocycles. The summed E-state index contributed by atoms with van der Waals surface area (Å²) in [7, 11) is -2.02. The number of carbonyl (C=O) groups is 1. The van der Waals surface area contributed by atoms with Crippen molar-refractivity contribution in [1.29, 1.82) is 0 Å². The summed E-state index contributed by atoms with van der Waals surface area (Å²) in [5, 5.41) is 5.00. The summed E-state index contributed by atoms with van der Waals surface area (Å²) in [6.07, 6.45) is 0.452. The molecule has 1 aromatic rings. The lowest BCUT2D eigenvalue weighted by Crippen LogP contribution is -2.27. The van der Waals surface area contributed by atoms with Crippen LogP contribution in [0.1, 0.15) is 20.3 Å². The summed E-state index contributed by atoms with van der Waals surface area (Å²) in [5.74, 6) is 0.275. The molecule has 1 amide bonds. The largest absolute Gasteiger partial charge is 0.315 e. The zero-order chi connectivity index (χ0) is 13.9. The van der Waals surface area contributed by atoms with Crippen LogP contribution in [0, 0.1) is 5.92 Å². The van der Waals surface area contributed by atoms with E-state index in [4.69, 9.17) is 5.14 Å². The molecule has 100 valence electrons. The fraction of sp³-hybridized carbons (Fsp3) is 0.417. The summed E-state index contributed by atoms with van der Waals surface area (Å²) in [6, 6.07) is 5.92. The van der Waals surface area contributed by atoms with Crippen LogP contribution in [0.15, 0.2) is 29.2 Å². The van der Waals surface area contributed by atoms with E-state index in [2.05, 4.69) is 0 Å². The first-order valence-electron chi connectivity index (χ1n) is 5.61. The Labute approximate surface area is 108 Å². The highest BCUT2D eigenvalue weighted by Gasteiger charge is 2.13. The van der Waals surface area contributed by atoms with Gasteiger partial charge in [-0.15, -0.1) is 0 Å². The van der Waals surface area contributed by atoms with Crippen LogP contribution in [0.25, 0.3) is 0 Å². The maximum atomic E-state index is 11.8. The van der Waals surface area contributed by atoms with Gasteiger partial charge < -0.3 is 4.90 Å². The van der Waals surface area contributed by atoms with Crippen LogP contribution in [0.2, 0.25) is 0 Å². The molecule has 1 aromatic carbocycles. The molecule has 2 N–H and O–H groups in total. The molecule has 5 nitrogen and oxygen atoms in total. The molecule has 0 aliphatic rings. The van der Waals surface area contributed by atoms with E-state index in [1.165, 1.54) is 17.0 Å². The second-order valence-electron chi connectivity index (χ2n) is 4.59. The van der Waals surface area contributed by atoms with E-state index in [9.17, 15) is 13.2 Å². The van der Waals surface area contributed by atoms with Gasteiger partial charge >= 0.3 is 0 Å². The van der Waals surface area contributed by atoms with Crippen LogP contribution >= 0.6 is 0 Å². The minimum atomic E-state index is -3.69. The predicted octanol–water partition coefficient (Wildman–Crippen LogP) is 1.34. The van der Waals surface area contributed by atoms with Gasteiger partial charge in [0.15, 0.2) is 0 Å². The Balaban J connectivity index is 2.89. The number of benzene rings is 1. The Morgan fingerprint density at radius 2 is 1.78 bits per heavy atom. The van der Waals surface area contributed by atoms with Crippen molar-refractivity contribution in [3.05, 3.63) is 24.3 Å². The fourth-order valence-corrected chi connectivity index (χ4v) is 2.01. The van der Waals surface area contributed by atoms with Crippen molar-refractivity contribution in [3.63, 3.8) is 0 Å². The third-order valence-corrected chi connectivity index (χ3v) is 3.44. The molecule has 0 heterocycles. The van der Waals surface area contributed by atoms with E-state index in [-0.39, 0.29) is 16.7 Å². The molecule has 1 rings (SSSR count). The number of amides is 1. The standard InChI is InChI=1S/C12H18N2O3S/c1-9(2)8-12(15)14(3)10-4-6-11(7-5-10)18(13,16)17/h4-7,9H,8H2,1-3H3,(H2,13,16,17). The van der Waals surface area contributed by atoms with Crippen LogP contribution < -0.4 is 10.0 Å². The maximum Gasteiger partial charge on any atom is 0.238 e. The minimum absolute atomic E-state index is 0.00615. The predicted molar refractivity (Wildman–Crippen MR) is 70.7 cm³/mol. The van der Waals surface area contributed by atoms with Crippen LogP contribution in [0.4, 0.5) is 5.69 Å².